The summed E-state index contributed by atoms with van der Waals surface area (Å²) in [5.74, 6) is 0.0675. The largest absolute Gasteiger partial charge is 0.495 e. The number of hydrogen-bond donors (Lipinski definition) is 1. The number of anilines is 1. The molecular weight excluding hydrogens is 486 g/mol. The molecule has 1 N–H and O–H groups in total. The monoisotopic (exact) mass is 507 g/mol. The second kappa shape index (κ2) is 10.2. The van der Waals surface area contributed by atoms with E-state index in [1.54, 1.807) is 17.0 Å². The van der Waals surface area contributed by atoms with Crippen LogP contribution in [0.2, 0.25) is 10.0 Å². The third-order valence-electron chi connectivity index (χ3n) is 5.28. The highest BCUT2D eigenvalue weighted by atomic mass is 35.5. The van der Waals surface area contributed by atoms with E-state index in [0.29, 0.717) is 43.2 Å². The number of carbonyl (C=O) groups is 2. The van der Waals surface area contributed by atoms with Gasteiger partial charge in [0, 0.05) is 44.9 Å². The summed E-state index contributed by atoms with van der Waals surface area (Å²) >= 11 is 12.0. The number of methoxy groups -OCH3 is 1. The third kappa shape index (κ3) is 5.53. The van der Waals surface area contributed by atoms with Crippen LogP contribution in [0.25, 0.3) is 0 Å². The zero-order valence-electron chi connectivity index (χ0n) is 17.8. The quantitative estimate of drug-likeness (QED) is 0.578. The maximum Gasteiger partial charge on any atom is 0.436 e. The van der Waals surface area contributed by atoms with E-state index in [1.165, 1.54) is 14.0 Å². The molecule has 180 valence electrons. The average molecular weight is 508 g/mol. The maximum absolute atomic E-state index is 13.4. The molecule has 1 aromatic heterocycles. The second-order valence-electron chi connectivity index (χ2n) is 7.35. The molecule has 2 heterocycles. The van der Waals surface area contributed by atoms with Gasteiger partial charge < -0.3 is 15.0 Å². The lowest BCUT2D eigenvalue weighted by Crippen LogP contribution is -2.49. The third-order valence-corrected chi connectivity index (χ3v) is 5.99. The molecule has 1 saturated heterocycles. The van der Waals surface area contributed by atoms with Crippen LogP contribution < -0.4 is 15.0 Å². The van der Waals surface area contributed by atoms with Gasteiger partial charge in [-0.25, -0.2) is 4.68 Å². The molecule has 1 fully saturated rings. The Morgan fingerprint density at radius 1 is 1.27 bits per heavy atom. The lowest BCUT2D eigenvalue weighted by Gasteiger charge is -2.38. The predicted molar refractivity (Wildman–Crippen MR) is 117 cm³/mol. The number of halogens is 5. The molecule has 1 aliphatic heterocycles. The van der Waals surface area contributed by atoms with Crippen molar-refractivity contribution in [3.8, 4) is 5.75 Å². The van der Waals surface area contributed by atoms with Crippen molar-refractivity contribution in [2.75, 3.05) is 38.2 Å². The van der Waals surface area contributed by atoms with Gasteiger partial charge in [-0.15, -0.1) is 0 Å². The number of amides is 1. The van der Waals surface area contributed by atoms with Crippen LogP contribution >= 0.6 is 23.2 Å². The van der Waals surface area contributed by atoms with Crippen molar-refractivity contribution in [3.63, 3.8) is 0 Å². The number of benzene rings is 1. The minimum Gasteiger partial charge on any atom is -0.495 e. The van der Waals surface area contributed by atoms with Crippen LogP contribution in [0, 0.1) is 0 Å². The normalized spacial score (nSPS) is 15.9. The lowest BCUT2D eigenvalue weighted by atomic mass is 10.2. The Kier molecular flexibility index (Phi) is 7.76. The molecule has 1 atom stereocenters. The summed E-state index contributed by atoms with van der Waals surface area (Å²) in [5, 5.41) is 5.85. The van der Waals surface area contributed by atoms with E-state index in [9.17, 15) is 22.8 Å². The molecule has 8 nitrogen and oxygen atoms in total. The van der Waals surface area contributed by atoms with E-state index in [-0.39, 0.29) is 12.2 Å². The molecule has 0 bridgehead atoms. The first-order chi connectivity index (χ1) is 15.6. The number of alkyl halides is 3. The minimum absolute atomic E-state index is 0.0961. The fraction of sp³-hybridized carbons (Fsp3) is 0.450. The number of nitrogens with zero attached hydrogens (tertiary/aromatic N) is 4. The van der Waals surface area contributed by atoms with Crippen LogP contribution in [0.3, 0.4) is 0 Å². The Morgan fingerprint density at radius 3 is 2.48 bits per heavy atom. The van der Waals surface area contributed by atoms with Crippen molar-refractivity contribution in [1.29, 1.82) is 0 Å². The molecular formula is C20H22Cl2F3N5O3. The predicted octanol–water partition coefficient (Wildman–Crippen LogP) is 3.37. The first-order valence-corrected chi connectivity index (χ1v) is 10.7. The molecule has 1 unspecified atom stereocenters. The summed E-state index contributed by atoms with van der Waals surface area (Å²) in [6.07, 6.45) is -5.42. The highest BCUT2D eigenvalue weighted by Gasteiger charge is 2.40. The molecule has 13 heteroatoms. The fourth-order valence-electron chi connectivity index (χ4n) is 3.60. The van der Waals surface area contributed by atoms with E-state index in [4.69, 9.17) is 27.9 Å². The van der Waals surface area contributed by atoms with E-state index in [1.807, 2.05) is 11.0 Å². The number of piperazine rings is 1. The van der Waals surface area contributed by atoms with Crippen molar-refractivity contribution in [1.82, 2.24) is 20.0 Å². The van der Waals surface area contributed by atoms with Crippen LogP contribution in [0.5, 0.6) is 5.75 Å². The molecule has 33 heavy (non-hydrogen) atoms. The number of carbonyl (C=O) groups excluding carboxylic acids is 2. The first-order valence-electron chi connectivity index (χ1n) is 9.93. The summed E-state index contributed by atoms with van der Waals surface area (Å²) in [6.45, 7) is 2.65. The van der Waals surface area contributed by atoms with Gasteiger partial charge in [-0.1, -0.05) is 23.2 Å². The molecule has 2 aromatic rings. The molecule has 0 radical (unpaired) electrons. The second-order valence-corrected chi connectivity index (χ2v) is 8.14. The van der Waals surface area contributed by atoms with Crippen molar-refractivity contribution in [2.24, 2.45) is 0 Å². The molecule has 1 aliphatic rings. The van der Waals surface area contributed by atoms with Crippen molar-refractivity contribution in [2.45, 2.75) is 25.8 Å². The number of rotatable bonds is 7. The molecule has 0 saturated carbocycles. The van der Waals surface area contributed by atoms with Gasteiger partial charge in [0.2, 0.25) is 5.91 Å². The Labute approximate surface area is 198 Å². The number of hydrogen-bond acceptors (Lipinski definition) is 6. The number of ether oxygens (including phenoxy) is 1. The zero-order valence-corrected chi connectivity index (χ0v) is 19.3. The van der Waals surface area contributed by atoms with Crippen LogP contribution in [0.1, 0.15) is 24.5 Å². The Bertz CT molecular complexity index is 1020. The smallest absolute Gasteiger partial charge is 0.436 e. The van der Waals surface area contributed by atoms with Gasteiger partial charge in [0.15, 0.2) is 18.1 Å². The Balaban J connectivity index is 1.83. The molecule has 0 spiro atoms. The van der Waals surface area contributed by atoms with E-state index < -0.39 is 29.0 Å². The van der Waals surface area contributed by atoms with Crippen molar-refractivity contribution in [3.05, 3.63) is 39.6 Å². The fourth-order valence-corrected chi connectivity index (χ4v) is 4.10. The summed E-state index contributed by atoms with van der Waals surface area (Å²) in [4.78, 5) is 27.0. The van der Waals surface area contributed by atoms with Crippen LogP contribution in [-0.4, -0.2) is 60.2 Å². The van der Waals surface area contributed by atoms with Gasteiger partial charge in [-0.2, -0.15) is 18.3 Å². The first kappa shape index (κ1) is 25.1. The highest BCUT2D eigenvalue weighted by Crippen LogP contribution is 2.37. The number of nitrogens with one attached hydrogen (secondary N) is 1. The van der Waals surface area contributed by atoms with Crippen LogP contribution in [0.4, 0.5) is 18.9 Å². The maximum atomic E-state index is 13.4. The topological polar surface area (TPSA) is 79.7 Å². The van der Waals surface area contributed by atoms with E-state index in [2.05, 4.69) is 10.4 Å². The standard InChI is InChI=1S/C20H22Cl2F3N5O3/c1-12(32)26-10-15-18(22)19(20(23,24)25)27-30(15)17(11-31)29-7-5-28(6-8-29)13-3-4-14(21)16(9-13)33-2/h3-4,9,11,17H,5-8,10H2,1-2H3,(H,26,32). The highest BCUT2D eigenvalue weighted by molar-refractivity contribution is 6.32. The zero-order chi connectivity index (χ0) is 24.3. The Morgan fingerprint density at radius 2 is 1.94 bits per heavy atom. The summed E-state index contributed by atoms with van der Waals surface area (Å²) in [6, 6.07) is 5.35. The van der Waals surface area contributed by atoms with Gasteiger partial charge in [0.1, 0.15) is 5.75 Å². The van der Waals surface area contributed by atoms with Gasteiger partial charge >= 0.3 is 6.18 Å². The number of aldehydes is 1. The molecule has 1 amide bonds. The van der Waals surface area contributed by atoms with E-state index in [0.717, 1.165) is 10.4 Å². The molecule has 1 aromatic carbocycles. The van der Waals surface area contributed by atoms with Gasteiger partial charge in [-0.05, 0) is 12.1 Å². The van der Waals surface area contributed by atoms with Crippen LogP contribution in [-0.2, 0) is 22.3 Å². The summed E-state index contributed by atoms with van der Waals surface area (Å²) in [7, 11) is 1.51. The Hall–Kier alpha value is -2.50. The van der Waals surface area contributed by atoms with Crippen molar-refractivity contribution >= 4 is 41.1 Å². The van der Waals surface area contributed by atoms with Gasteiger partial charge in [0.05, 0.1) is 29.4 Å². The van der Waals surface area contributed by atoms with Gasteiger partial charge in [0.25, 0.3) is 0 Å². The SMILES string of the molecule is COc1cc(N2CCN(C(C=O)n3nc(C(F)(F)F)c(Cl)c3CNC(C)=O)CC2)ccc1Cl. The van der Waals surface area contributed by atoms with Crippen LogP contribution in [0.15, 0.2) is 18.2 Å². The molecule has 3 rings (SSSR count). The number of aromatic nitrogens is 2. The lowest BCUT2D eigenvalue weighted by molar-refractivity contribution is -0.142. The van der Waals surface area contributed by atoms with Crippen molar-refractivity contribution < 1.29 is 27.5 Å². The van der Waals surface area contributed by atoms with Gasteiger partial charge in [-0.3, -0.25) is 14.5 Å². The van der Waals surface area contributed by atoms with E-state index >= 15 is 0 Å². The average Bonchev–Trinajstić information content (AvgIpc) is 3.10. The molecule has 0 aliphatic carbocycles. The summed E-state index contributed by atoms with van der Waals surface area (Å²) in [5.41, 5.74) is -0.532. The summed E-state index contributed by atoms with van der Waals surface area (Å²) < 4.78 is 46.4. The minimum atomic E-state index is -4.81.